The Labute approximate surface area is 159 Å². The van der Waals surface area contributed by atoms with Gasteiger partial charge in [0.2, 0.25) is 0 Å². The van der Waals surface area contributed by atoms with E-state index in [1.165, 1.54) is 0 Å². The average molecular weight is 372 g/mol. The first-order chi connectivity index (χ1) is 12.6. The zero-order valence-electron chi connectivity index (χ0n) is 16.2. The minimum absolute atomic E-state index is 0.0291. The summed E-state index contributed by atoms with van der Waals surface area (Å²) in [5.41, 5.74) is -1.55. The van der Waals surface area contributed by atoms with Crippen LogP contribution in [0.15, 0.2) is 23.8 Å². The summed E-state index contributed by atoms with van der Waals surface area (Å²) in [6, 6.07) is 0. The smallest absolute Gasteiger partial charge is 0.190 e. The molecule has 5 rings (SSSR count). The molecule has 1 spiro atoms. The Bertz CT molecular complexity index is 814. The number of epoxide rings is 1. The summed E-state index contributed by atoms with van der Waals surface area (Å²) in [7, 11) is 0. The van der Waals surface area contributed by atoms with Crippen LogP contribution in [0.5, 0.6) is 0 Å². The van der Waals surface area contributed by atoms with Crippen molar-refractivity contribution in [1.29, 1.82) is 0 Å². The fraction of sp³-hybridized carbons (Fsp3) is 0.727. The summed E-state index contributed by atoms with van der Waals surface area (Å²) < 4.78 is 6.43. The van der Waals surface area contributed by atoms with Gasteiger partial charge in [-0.1, -0.05) is 25.5 Å². The van der Waals surface area contributed by atoms with Crippen molar-refractivity contribution in [2.45, 2.75) is 63.8 Å². The maximum absolute atomic E-state index is 12.6. The number of hydrogen-bond donors (Lipinski definition) is 2. The van der Waals surface area contributed by atoms with E-state index in [4.69, 9.17) is 4.74 Å². The first kappa shape index (κ1) is 17.8. The molecule has 3 saturated carbocycles. The zero-order chi connectivity index (χ0) is 19.4. The normalized spacial score (nSPS) is 55.1. The molecule has 1 saturated heterocycles. The lowest BCUT2D eigenvalue weighted by Crippen LogP contribution is -2.62. The molecule has 5 nitrogen and oxygen atoms in total. The Morgan fingerprint density at radius 2 is 2.07 bits per heavy atom. The van der Waals surface area contributed by atoms with Crippen molar-refractivity contribution in [2.24, 2.45) is 28.6 Å². The number of hydrogen-bond acceptors (Lipinski definition) is 5. The van der Waals surface area contributed by atoms with Crippen LogP contribution in [0.4, 0.5) is 0 Å². The van der Waals surface area contributed by atoms with Gasteiger partial charge >= 0.3 is 0 Å². The fourth-order valence-corrected chi connectivity index (χ4v) is 7.70. The van der Waals surface area contributed by atoms with Crippen molar-refractivity contribution < 1.29 is 24.5 Å². The van der Waals surface area contributed by atoms with Crippen molar-refractivity contribution >= 4 is 11.6 Å². The second kappa shape index (κ2) is 5.00. The Balaban J connectivity index is 1.60. The van der Waals surface area contributed by atoms with Gasteiger partial charge in [-0.15, -0.1) is 0 Å². The minimum Gasteiger partial charge on any atom is -0.388 e. The molecule has 0 aromatic carbocycles. The number of ketones is 2. The highest BCUT2D eigenvalue weighted by atomic mass is 16.6. The summed E-state index contributed by atoms with van der Waals surface area (Å²) in [5, 5.41) is 21.0. The Kier molecular flexibility index (Phi) is 3.29. The van der Waals surface area contributed by atoms with Crippen molar-refractivity contribution in [3.8, 4) is 0 Å². The van der Waals surface area contributed by atoms with E-state index >= 15 is 0 Å². The predicted molar refractivity (Wildman–Crippen MR) is 97.7 cm³/mol. The van der Waals surface area contributed by atoms with Crippen LogP contribution in [0, 0.1) is 28.6 Å². The molecule has 0 aromatic heterocycles. The van der Waals surface area contributed by atoms with Gasteiger partial charge < -0.3 is 14.9 Å². The Morgan fingerprint density at radius 3 is 2.78 bits per heavy atom. The number of allylic oxidation sites excluding steroid dienone is 2. The van der Waals surface area contributed by atoms with E-state index in [1.54, 1.807) is 12.2 Å². The number of carbonyl (C=O) groups is 2. The molecule has 0 aromatic rings. The maximum atomic E-state index is 12.6. The topological polar surface area (TPSA) is 87.1 Å². The van der Waals surface area contributed by atoms with Gasteiger partial charge in [0.15, 0.2) is 11.6 Å². The molecule has 1 aliphatic heterocycles. The van der Waals surface area contributed by atoms with E-state index in [9.17, 15) is 19.8 Å². The lowest BCUT2D eigenvalue weighted by Gasteiger charge is -2.55. The number of Topliss-reactive ketones (excluding diaryl/α,β-unsaturated/α-hetero) is 1. The lowest BCUT2D eigenvalue weighted by molar-refractivity contribution is -0.165. The van der Waals surface area contributed by atoms with Crippen LogP contribution in [0.3, 0.4) is 0 Å². The van der Waals surface area contributed by atoms with Gasteiger partial charge in [0.05, 0.1) is 6.10 Å². The number of aliphatic hydroxyl groups is 2. The molecule has 5 heteroatoms. The Morgan fingerprint density at radius 1 is 1.33 bits per heavy atom. The molecular formula is C22H28O5. The summed E-state index contributed by atoms with van der Waals surface area (Å²) in [5.74, 6) is -0.193. The SMILES string of the molecule is C[C@H]1C[C@H]2[C@@H]3CCC4=CC(=O)C=C[C@]4(C)[C@]34O[C@@H]4C[C@]2(C)[C@]1(O)C(=O)CO. The van der Waals surface area contributed by atoms with E-state index in [2.05, 4.69) is 6.92 Å². The monoisotopic (exact) mass is 372 g/mol. The molecule has 146 valence electrons. The van der Waals surface area contributed by atoms with E-state index < -0.39 is 23.4 Å². The van der Waals surface area contributed by atoms with Crippen LogP contribution >= 0.6 is 0 Å². The number of rotatable bonds is 2. The maximum Gasteiger partial charge on any atom is 0.190 e. The lowest BCUT2D eigenvalue weighted by atomic mass is 9.46. The molecule has 5 aliphatic rings. The molecule has 27 heavy (non-hydrogen) atoms. The number of aliphatic hydroxyl groups excluding tert-OH is 1. The molecule has 4 aliphatic carbocycles. The molecule has 0 bridgehead atoms. The largest absolute Gasteiger partial charge is 0.388 e. The van der Waals surface area contributed by atoms with Gasteiger partial charge in [0.1, 0.15) is 17.8 Å². The van der Waals surface area contributed by atoms with Gasteiger partial charge in [-0.25, -0.2) is 0 Å². The predicted octanol–water partition coefficient (Wildman–Crippen LogP) is 1.96. The zero-order valence-corrected chi connectivity index (χ0v) is 16.2. The van der Waals surface area contributed by atoms with Crippen molar-refractivity contribution in [1.82, 2.24) is 0 Å². The highest BCUT2D eigenvalue weighted by Crippen LogP contribution is 2.76. The average Bonchev–Trinajstić information content (AvgIpc) is 3.31. The van der Waals surface area contributed by atoms with E-state index in [0.717, 1.165) is 24.8 Å². The summed E-state index contributed by atoms with van der Waals surface area (Å²) in [6.45, 7) is 5.51. The number of fused-ring (bicyclic) bond motifs is 3. The summed E-state index contributed by atoms with van der Waals surface area (Å²) in [6.07, 6.45) is 8.58. The van der Waals surface area contributed by atoms with Crippen LogP contribution in [0.1, 0.15) is 46.5 Å². The third kappa shape index (κ3) is 1.73. The van der Waals surface area contributed by atoms with Gasteiger partial charge in [-0.3, -0.25) is 9.59 Å². The highest BCUT2D eigenvalue weighted by Gasteiger charge is 2.81. The molecule has 4 fully saturated rings. The third-order valence-electron chi connectivity index (χ3n) is 9.08. The quantitative estimate of drug-likeness (QED) is 0.724. The second-order valence-electron chi connectivity index (χ2n) is 9.86. The molecular weight excluding hydrogens is 344 g/mol. The minimum atomic E-state index is -1.50. The van der Waals surface area contributed by atoms with Crippen LogP contribution in [0.2, 0.25) is 0 Å². The fourth-order valence-electron chi connectivity index (χ4n) is 7.70. The first-order valence-electron chi connectivity index (χ1n) is 10.1. The highest BCUT2D eigenvalue weighted by molar-refractivity contribution is 6.01. The Hall–Kier alpha value is -1.30. The molecule has 0 amide bonds. The van der Waals surface area contributed by atoms with Crippen LogP contribution in [-0.4, -0.2) is 45.7 Å². The molecule has 0 radical (unpaired) electrons. The molecule has 2 N–H and O–H groups in total. The van der Waals surface area contributed by atoms with Gasteiger partial charge in [0.25, 0.3) is 0 Å². The van der Waals surface area contributed by atoms with Crippen molar-refractivity contribution in [2.75, 3.05) is 6.61 Å². The van der Waals surface area contributed by atoms with Crippen molar-refractivity contribution in [3.05, 3.63) is 23.8 Å². The molecule has 1 heterocycles. The number of ether oxygens (including phenoxy) is 1. The van der Waals surface area contributed by atoms with E-state index in [0.29, 0.717) is 6.42 Å². The molecule has 0 unspecified atom stereocenters. The van der Waals surface area contributed by atoms with Crippen LogP contribution in [0.25, 0.3) is 0 Å². The third-order valence-corrected chi connectivity index (χ3v) is 9.08. The van der Waals surface area contributed by atoms with Crippen LogP contribution < -0.4 is 0 Å². The van der Waals surface area contributed by atoms with Gasteiger partial charge in [0, 0.05) is 10.8 Å². The summed E-state index contributed by atoms with van der Waals surface area (Å²) in [4.78, 5) is 24.5. The summed E-state index contributed by atoms with van der Waals surface area (Å²) >= 11 is 0. The van der Waals surface area contributed by atoms with Gasteiger partial charge in [-0.2, -0.15) is 0 Å². The number of carbonyl (C=O) groups excluding carboxylic acids is 2. The van der Waals surface area contributed by atoms with Gasteiger partial charge in [-0.05, 0) is 62.5 Å². The first-order valence-corrected chi connectivity index (χ1v) is 10.1. The van der Waals surface area contributed by atoms with E-state index in [1.807, 2.05) is 19.9 Å². The van der Waals surface area contributed by atoms with Crippen LogP contribution in [-0.2, 0) is 14.3 Å². The van der Waals surface area contributed by atoms with Crippen molar-refractivity contribution in [3.63, 3.8) is 0 Å². The second-order valence-corrected chi connectivity index (χ2v) is 9.86. The molecule has 8 atom stereocenters. The van der Waals surface area contributed by atoms with E-state index in [-0.39, 0.29) is 40.7 Å². The standard InChI is InChI=1S/C22H28O5/c1-12-8-16-15-5-4-13-9-14(24)6-7-19(13,2)22(15)18(27-22)10-20(16,3)21(12,26)17(25)11-23/h6-7,9,12,15-16,18,23,26H,4-5,8,10-11H2,1-3H3/t12-,15-,16-,18+,19-,20-,21+,22-/m0/s1.